The molecule has 0 saturated carbocycles. The van der Waals surface area contributed by atoms with E-state index in [4.69, 9.17) is 4.74 Å². The fraction of sp³-hybridized carbons (Fsp3) is 0.174. The first kappa shape index (κ1) is 21.5. The summed E-state index contributed by atoms with van der Waals surface area (Å²) in [5, 5.41) is 2.81. The van der Waals surface area contributed by atoms with E-state index in [0.29, 0.717) is 6.54 Å². The van der Waals surface area contributed by atoms with E-state index in [1.54, 1.807) is 6.07 Å². The van der Waals surface area contributed by atoms with Crippen molar-refractivity contribution in [3.05, 3.63) is 95.1 Å². The van der Waals surface area contributed by atoms with Crippen molar-refractivity contribution < 1.29 is 17.9 Å². The number of sulfonamides is 1. The van der Waals surface area contributed by atoms with Crippen LogP contribution in [0.3, 0.4) is 0 Å². The summed E-state index contributed by atoms with van der Waals surface area (Å²) < 4.78 is 33.5. The number of carbonyl (C=O) groups is 1. The molecule has 1 amide bonds. The SMILES string of the molecule is COc1ccc(C(=O)NCc2ccc(C)cc2)cc1S(=O)(=O)NCc1ccccc1. The molecule has 6 nitrogen and oxygen atoms in total. The molecule has 0 bridgehead atoms. The first-order valence-corrected chi connectivity index (χ1v) is 10.9. The summed E-state index contributed by atoms with van der Waals surface area (Å²) in [6.07, 6.45) is 0. The number of rotatable bonds is 8. The first-order valence-electron chi connectivity index (χ1n) is 9.44. The Morgan fingerprint density at radius 2 is 1.57 bits per heavy atom. The van der Waals surface area contributed by atoms with Crippen LogP contribution >= 0.6 is 0 Å². The highest BCUT2D eigenvalue weighted by Gasteiger charge is 2.21. The summed E-state index contributed by atoms with van der Waals surface area (Å²) in [6.45, 7) is 2.48. The molecular formula is C23H24N2O4S. The van der Waals surface area contributed by atoms with Crippen LogP contribution in [0.5, 0.6) is 5.75 Å². The predicted octanol–water partition coefficient (Wildman–Crippen LogP) is 3.41. The van der Waals surface area contributed by atoms with E-state index in [0.717, 1.165) is 16.7 Å². The smallest absolute Gasteiger partial charge is 0.251 e. The Bertz CT molecular complexity index is 1110. The molecule has 0 unspecified atom stereocenters. The third-order valence-corrected chi connectivity index (χ3v) is 6.02. The number of hydrogen-bond donors (Lipinski definition) is 2. The van der Waals surface area contributed by atoms with Gasteiger partial charge in [-0.3, -0.25) is 4.79 Å². The molecule has 30 heavy (non-hydrogen) atoms. The number of methoxy groups -OCH3 is 1. The first-order chi connectivity index (χ1) is 14.4. The molecule has 0 atom stereocenters. The van der Waals surface area contributed by atoms with Gasteiger partial charge in [0, 0.05) is 18.7 Å². The van der Waals surface area contributed by atoms with Crippen LogP contribution in [-0.4, -0.2) is 21.4 Å². The molecule has 2 N–H and O–H groups in total. The minimum absolute atomic E-state index is 0.0797. The molecule has 7 heteroatoms. The van der Waals surface area contributed by atoms with E-state index in [1.165, 1.54) is 19.2 Å². The van der Waals surface area contributed by atoms with Crippen molar-refractivity contribution in [1.82, 2.24) is 10.0 Å². The Morgan fingerprint density at radius 3 is 2.23 bits per heavy atom. The highest BCUT2D eigenvalue weighted by molar-refractivity contribution is 7.89. The van der Waals surface area contributed by atoms with Crippen LogP contribution in [0.2, 0.25) is 0 Å². The monoisotopic (exact) mass is 424 g/mol. The molecule has 0 fully saturated rings. The lowest BCUT2D eigenvalue weighted by atomic mass is 10.1. The van der Waals surface area contributed by atoms with E-state index < -0.39 is 10.0 Å². The fourth-order valence-electron chi connectivity index (χ4n) is 2.87. The van der Waals surface area contributed by atoms with Crippen molar-refractivity contribution in [2.24, 2.45) is 0 Å². The van der Waals surface area contributed by atoms with Crippen LogP contribution in [0.4, 0.5) is 0 Å². The lowest BCUT2D eigenvalue weighted by Crippen LogP contribution is -2.26. The van der Waals surface area contributed by atoms with Gasteiger partial charge in [-0.05, 0) is 36.2 Å². The largest absolute Gasteiger partial charge is 0.495 e. The number of ether oxygens (including phenoxy) is 1. The second-order valence-electron chi connectivity index (χ2n) is 6.84. The Kier molecular flexibility index (Phi) is 6.87. The minimum Gasteiger partial charge on any atom is -0.495 e. The minimum atomic E-state index is -3.88. The van der Waals surface area contributed by atoms with Gasteiger partial charge in [-0.1, -0.05) is 60.2 Å². The zero-order valence-corrected chi connectivity index (χ0v) is 17.7. The van der Waals surface area contributed by atoms with Crippen LogP contribution in [0, 0.1) is 6.92 Å². The van der Waals surface area contributed by atoms with Gasteiger partial charge in [-0.25, -0.2) is 13.1 Å². The molecule has 156 valence electrons. The number of hydrogen-bond acceptors (Lipinski definition) is 4. The number of benzene rings is 3. The molecule has 0 heterocycles. The van der Waals surface area contributed by atoms with Gasteiger partial charge in [0.25, 0.3) is 5.91 Å². The van der Waals surface area contributed by atoms with Gasteiger partial charge < -0.3 is 10.1 Å². The number of carbonyl (C=O) groups excluding carboxylic acids is 1. The van der Waals surface area contributed by atoms with E-state index in [9.17, 15) is 13.2 Å². The van der Waals surface area contributed by atoms with E-state index in [2.05, 4.69) is 10.0 Å². The zero-order chi connectivity index (χ0) is 21.6. The van der Waals surface area contributed by atoms with Gasteiger partial charge in [0.15, 0.2) is 0 Å². The van der Waals surface area contributed by atoms with Crippen LogP contribution < -0.4 is 14.8 Å². The van der Waals surface area contributed by atoms with Gasteiger partial charge in [0.2, 0.25) is 10.0 Å². The van der Waals surface area contributed by atoms with E-state index in [1.807, 2.05) is 61.5 Å². The molecule has 3 aromatic rings. The van der Waals surface area contributed by atoms with Crippen molar-refractivity contribution in [3.8, 4) is 5.75 Å². The normalized spacial score (nSPS) is 11.1. The Labute approximate surface area is 177 Å². The number of amides is 1. The maximum Gasteiger partial charge on any atom is 0.251 e. The lowest BCUT2D eigenvalue weighted by Gasteiger charge is -2.13. The average molecular weight is 425 g/mol. The molecule has 0 saturated heterocycles. The van der Waals surface area contributed by atoms with Crippen molar-refractivity contribution in [2.75, 3.05) is 7.11 Å². The highest BCUT2D eigenvalue weighted by Crippen LogP contribution is 2.25. The van der Waals surface area contributed by atoms with Crippen molar-refractivity contribution in [2.45, 2.75) is 24.9 Å². The van der Waals surface area contributed by atoms with Crippen LogP contribution in [0.15, 0.2) is 77.7 Å². The molecule has 0 radical (unpaired) electrons. The molecule has 3 rings (SSSR count). The molecule has 0 aliphatic rings. The molecule has 0 aliphatic heterocycles. The Balaban J connectivity index is 1.76. The van der Waals surface area contributed by atoms with Crippen molar-refractivity contribution >= 4 is 15.9 Å². The fourth-order valence-corrected chi connectivity index (χ4v) is 4.08. The third kappa shape index (κ3) is 5.46. The van der Waals surface area contributed by atoms with Gasteiger partial charge in [0.1, 0.15) is 10.6 Å². The lowest BCUT2D eigenvalue weighted by molar-refractivity contribution is 0.0950. The maximum atomic E-state index is 12.8. The summed E-state index contributed by atoms with van der Waals surface area (Å²) in [5.41, 5.74) is 3.16. The third-order valence-electron chi connectivity index (χ3n) is 4.60. The molecule has 0 spiro atoms. The van der Waals surface area contributed by atoms with Gasteiger partial charge in [-0.15, -0.1) is 0 Å². The predicted molar refractivity (Wildman–Crippen MR) is 116 cm³/mol. The van der Waals surface area contributed by atoms with E-state index in [-0.39, 0.29) is 28.7 Å². The van der Waals surface area contributed by atoms with Crippen molar-refractivity contribution in [3.63, 3.8) is 0 Å². The number of aryl methyl sites for hydroxylation is 1. The standard InChI is InChI=1S/C23H24N2O4S/c1-17-8-10-19(11-9-17)15-24-23(26)20-12-13-21(29-2)22(14-20)30(27,28)25-16-18-6-4-3-5-7-18/h3-14,25H,15-16H2,1-2H3,(H,24,26). The highest BCUT2D eigenvalue weighted by atomic mass is 32.2. The summed E-state index contributed by atoms with van der Waals surface area (Å²) in [5.74, 6) is -0.191. The summed E-state index contributed by atoms with van der Waals surface area (Å²) >= 11 is 0. The summed E-state index contributed by atoms with van der Waals surface area (Å²) in [4.78, 5) is 12.5. The zero-order valence-electron chi connectivity index (χ0n) is 16.9. The van der Waals surface area contributed by atoms with Gasteiger partial charge in [-0.2, -0.15) is 0 Å². The van der Waals surface area contributed by atoms with Gasteiger partial charge in [0.05, 0.1) is 7.11 Å². The topological polar surface area (TPSA) is 84.5 Å². The number of nitrogens with one attached hydrogen (secondary N) is 2. The Morgan fingerprint density at radius 1 is 0.900 bits per heavy atom. The second kappa shape index (κ2) is 9.56. The molecule has 3 aromatic carbocycles. The second-order valence-corrected chi connectivity index (χ2v) is 8.58. The van der Waals surface area contributed by atoms with Crippen LogP contribution in [-0.2, 0) is 23.1 Å². The quantitative estimate of drug-likeness (QED) is 0.580. The van der Waals surface area contributed by atoms with Crippen LogP contribution in [0.1, 0.15) is 27.0 Å². The molecular weight excluding hydrogens is 400 g/mol. The summed E-state index contributed by atoms with van der Waals surface area (Å²) in [6, 6.07) is 21.4. The maximum absolute atomic E-state index is 12.8. The average Bonchev–Trinajstić information content (AvgIpc) is 2.77. The molecule has 0 aromatic heterocycles. The van der Waals surface area contributed by atoms with Gasteiger partial charge >= 0.3 is 0 Å². The van der Waals surface area contributed by atoms with Crippen LogP contribution in [0.25, 0.3) is 0 Å². The van der Waals surface area contributed by atoms with E-state index >= 15 is 0 Å². The van der Waals surface area contributed by atoms with Crippen molar-refractivity contribution in [1.29, 1.82) is 0 Å². The molecule has 0 aliphatic carbocycles. The summed E-state index contributed by atoms with van der Waals surface area (Å²) in [7, 11) is -2.49. The Hall–Kier alpha value is -3.16.